The number of carbonyl (C=O) groups is 3. The monoisotopic (exact) mass is 905 g/mol. The topological polar surface area (TPSA) is 78.9 Å². The van der Waals surface area contributed by atoms with Crippen LogP contribution >= 0.6 is 0 Å². The van der Waals surface area contributed by atoms with Gasteiger partial charge in [-0.1, -0.05) is 285 Å². The van der Waals surface area contributed by atoms with Crippen LogP contribution in [0.5, 0.6) is 0 Å². The van der Waals surface area contributed by atoms with Gasteiger partial charge in [0, 0.05) is 19.3 Å². The van der Waals surface area contributed by atoms with E-state index < -0.39 is 6.10 Å². The summed E-state index contributed by atoms with van der Waals surface area (Å²) in [5, 5.41) is 0. The second kappa shape index (κ2) is 50.8. The highest BCUT2D eigenvalue weighted by Crippen LogP contribution is 2.18. The molecule has 6 nitrogen and oxygen atoms in total. The highest BCUT2D eigenvalue weighted by Gasteiger charge is 2.19. The third-order valence-electron chi connectivity index (χ3n) is 13.6. The summed E-state index contributed by atoms with van der Waals surface area (Å²) in [4.78, 5) is 38.1. The molecule has 0 saturated heterocycles. The van der Waals surface area contributed by atoms with Gasteiger partial charge in [-0.25, -0.2) is 0 Å². The molecule has 2 atom stereocenters. The Kier molecular flexibility index (Phi) is 49.6. The van der Waals surface area contributed by atoms with E-state index in [9.17, 15) is 14.4 Å². The van der Waals surface area contributed by atoms with Gasteiger partial charge in [-0.2, -0.15) is 0 Å². The van der Waals surface area contributed by atoms with Crippen LogP contribution in [0.4, 0.5) is 0 Å². The third-order valence-corrected chi connectivity index (χ3v) is 13.6. The number of esters is 3. The zero-order valence-electron chi connectivity index (χ0n) is 43.9. The Morgan fingerprint density at radius 3 is 0.891 bits per heavy atom. The molecule has 0 aliphatic rings. The molecule has 0 aliphatic carbocycles. The average molecular weight is 906 g/mol. The standard InChI is InChI=1S/C58H112O6/c1-6-8-9-10-11-12-13-14-15-16-17-20-23-26-29-32-38-43-48-56(59)62-51-55(52-63-57(60)49-44-39-35-34-37-42-47-54(5)7-2)64-58(61)50-45-40-33-30-27-24-21-18-19-22-25-28-31-36-41-46-53(3)4/h53-55H,6-52H2,1-5H3/t54?,55-/m0/s1. The van der Waals surface area contributed by atoms with E-state index in [1.807, 2.05) is 0 Å². The molecule has 1 unspecified atom stereocenters. The van der Waals surface area contributed by atoms with E-state index in [1.54, 1.807) is 0 Å². The molecule has 0 amide bonds. The lowest BCUT2D eigenvalue weighted by atomic mass is 10.00. The Balaban J connectivity index is 4.25. The SMILES string of the molecule is CCCCCCCCCCCCCCCCCCCCC(=O)OC[C@@H](COC(=O)CCCCCCCCC(C)CC)OC(=O)CCCCCCCCCCCCCCCCCC(C)C. The van der Waals surface area contributed by atoms with Crippen LogP contribution < -0.4 is 0 Å². The Morgan fingerprint density at radius 2 is 0.594 bits per heavy atom. The summed E-state index contributed by atoms with van der Waals surface area (Å²) in [7, 11) is 0. The van der Waals surface area contributed by atoms with Crippen molar-refractivity contribution in [2.45, 2.75) is 330 Å². The number of unbranched alkanes of at least 4 members (excludes halogenated alkanes) is 36. The molecule has 0 aromatic carbocycles. The average Bonchev–Trinajstić information content (AvgIpc) is 3.28. The van der Waals surface area contributed by atoms with Gasteiger partial charge in [0.25, 0.3) is 0 Å². The van der Waals surface area contributed by atoms with Crippen LogP contribution in [0.1, 0.15) is 324 Å². The fourth-order valence-electron chi connectivity index (χ4n) is 8.84. The molecule has 0 bridgehead atoms. The second-order valence-electron chi connectivity index (χ2n) is 20.6. The number of hydrogen-bond donors (Lipinski definition) is 0. The summed E-state index contributed by atoms with van der Waals surface area (Å²) in [5.74, 6) is 0.818. The predicted molar refractivity (Wildman–Crippen MR) is 275 cm³/mol. The van der Waals surface area contributed by atoms with Crippen molar-refractivity contribution in [3.63, 3.8) is 0 Å². The summed E-state index contributed by atoms with van der Waals surface area (Å²) >= 11 is 0. The minimum Gasteiger partial charge on any atom is -0.462 e. The molecule has 0 spiro atoms. The maximum absolute atomic E-state index is 12.8. The Hall–Kier alpha value is -1.59. The molecular weight excluding hydrogens is 793 g/mol. The second-order valence-corrected chi connectivity index (χ2v) is 20.6. The van der Waals surface area contributed by atoms with Crippen molar-refractivity contribution < 1.29 is 28.6 Å². The van der Waals surface area contributed by atoms with E-state index in [4.69, 9.17) is 14.2 Å². The van der Waals surface area contributed by atoms with Crippen LogP contribution in [0, 0.1) is 11.8 Å². The van der Waals surface area contributed by atoms with Crippen molar-refractivity contribution in [1.29, 1.82) is 0 Å². The first-order chi connectivity index (χ1) is 31.3. The van der Waals surface area contributed by atoms with Crippen molar-refractivity contribution in [2.24, 2.45) is 11.8 Å². The summed E-state index contributed by atoms with van der Waals surface area (Å²) in [5.41, 5.74) is 0. The lowest BCUT2D eigenvalue weighted by Gasteiger charge is -2.18. The van der Waals surface area contributed by atoms with Gasteiger partial charge >= 0.3 is 17.9 Å². The lowest BCUT2D eigenvalue weighted by molar-refractivity contribution is -0.167. The van der Waals surface area contributed by atoms with Gasteiger partial charge in [0.15, 0.2) is 6.10 Å². The Morgan fingerprint density at radius 1 is 0.328 bits per heavy atom. The quantitative estimate of drug-likeness (QED) is 0.0344. The van der Waals surface area contributed by atoms with E-state index in [0.29, 0.717) is 19.3 Å². The maximum atomic E-state index is 12.8. The highest BCUT2D eigenvalue weighted by atomic mass is 16.6. The molecule has 0 heterocycles. The fraction of sp³-hybridized carbons (Fsp3) is 0.948. The smallest absolute Gasteiger partial charge is 0.306 e. The maximum Gasteiger partial charge on any atom is 0.306 e. The van der Waals surface area contributed by atoms with Crippen molar-refractivity contribution in [3.8, 4) is 0 Å². The zero-order valence-corrected chi connectivity index (χ0v) is 43.9. The van der Waals surface area contributed by atoms with Crippen LogP contribution in [0.15, 0.2) is 0 Å². The molecule has 0 aliphatic heterocycles. The van der Waals surface area contributed by atoms with Gasteiger partial charge in [-0.15, -0.1) is 0 Å². The molecule has 64 heavy (non-hydrogen) atoms. The molecule has 0 aromatic heterocycles. The summed E-state index contributed by atoms with van der Waals surface area (Å²) in [6, 6.07) is 0. The molecule has 6 heteroatoms. The molecule has 0 radical (unpaired) electrons. The van der Waals surface area contributed by atoms with Gasteiger partial charge in [0.2, 0.25) is 0 Å². The van der Waals surface area contributed by atoms with E-state index in [0.717, 1.165) is 69.6 Å². The molecular formula is C58H112O6. The first-order valence-electron chi connectivity index (χ1n) is 28.8. The minimum atomic E-state index is -0.763. The number of ether oxygens (including phenoxy) is 3. The Bertz CT molecular complexity index is 980. The number of carbonyl (C=O) groups excluding carboxylic acids is 3. The Labute approximate surface area is 399 Å². The third kappa shape index (κ3) is 49.8. The van der Waals surface area contributed by atoms with Crippen LogP contribution in [0.25, 0.3) is 0 Å². The van der Waals surface area contributed by atoms with Crippen molar-refractivity contribution in [1.82, 2.24) is 0 Å². The first-order valence-corrected chi connectivity index (χ1v) is 28.8. The van der Waals surface area contributed by atoms with Crippen LogP contribution in [0.3, 0.4) is 0 Å². The van der Waals surface area contributed by atoms with E-state index >= 15 is 0 Å². The zero-order chi connectivity index (χ0) is 46.8. The molecule has 0 aromatic rings. The number of rotatable bonds is 52. The molecule has 0 fully saturated rings. The predicted octanol–water partition coefficient (Wildman–Crippen LogP) is 18.9. The number of hydrogen-bond acceptors (Lipinski definition) is 6. The van der Waals surface area contributed by atoms with Gasteiger partial charge < -0.3 is 14.2 Å². The summed E-state index contributed by atoms with van der Waals surface area (Å²) in [6.07, 6.45) is 53.9. The van der Waals surface area contributed by atoms with E-state index in [2.05, 4.69) is 34.6 Å². The fourth-order valence-corrected chi connectivity index (χ4v) is 8.84. The van der Waals surface area contributed by atoms with Crippen LogP contribution in [-0.2, 0) is 28.6 Å². The van der Waals surface area contributed by atoms with Gasteiger partial charge in [0.05, 0.1) is 0 Å². The van der Waals surface area contributed by atoms with E-state index in [-0.39, 0.29) is 31.1 Å². The molecule has 380 valence electrons. The molecule has 0 rings (SSSR count). The lowest BCUT2D eigenvalue weighted by Crippen LogP contribution is -2.30. The van der Waals surface area contributed by atoms with Gasteiger partial charge in [0.1, 0.15) is 13.2 Å². The van der Waals surface area contributed by atoms with Crippen molar-refractivity contribution >= 4 is 17.9 Å². The molecule has 0 N–H and O–H groups in total. The van der Waals surface area contributed by atoms with Gasteiger partial charge in [-0.05, 0) is 31.1 Å². The van der Waals surface area contributed by atoms with Crippen molar-refractivity contribution in [3.05, 3.63) is 0 Å². The van der Waals surface area contributed by atoms with Crippen LogP contribution in [0.2, 0.25) is 0 Å². The summed E-state index contributed by atoms with van der Waals surface area (Å²) in [6.45, 7) is 11.4. The minimum absolute atomic E-state index is 0.0635. The summed E-state index contributed by atoms with van der Waals surface area (Å²) < 4.78 is 16.9. The van der Waals surface area contributed by atoms with Gasteiger partial charge in [-0.3, -0.25) is 14.4 Å². The van der Waals surface area contributed by atoms with Crippen molar-refractivity contribution in [2.75, 3.05) is 13.2 Å². The first kappa shape index (κ1) is 62.4. The molecule has 0 saturated carbocycles. The normalized spacial score (nSPS) is 12.5. The van der Waals surface area contributed by atoms with Crippen LogP contribution in [-0.4, -0.2) is 37.2 Å². The largest absolute Gasteiger partial charge is 0.462 e. The highest BCUT2D eigenvalue weighted by molar-refractivity contribution is 5.71. The van der Waals surface area contributed by atoms with E-state index in [1.165, 1.54) is 212 Å².